The van der Waals surface area contributed by atoms with Crippen LogP contribution in [0.4, 0.5) is 0 Å². The molecule has 5 saturated carbocycles. The highest BCUT2D eigenvalue weighted by atomic mass is 16.6. The van der Waals surface area contributed by atoms with Crippen LogP contribution in [0.2, 0.25) is 0 Å². The normalized spacial score (nSPS) is 68.7. The fourth-order valence-corrected chi connectivity index (χ4v) is 10.2. The van der Waals surface area contributed by atoms with E-state index in [9.17, 15) is 10.2 Å². The fraction of sp³-hybridized carbons (Fsp3) is 1.00. The molecule has 0 amide bonds. The lowest BCUT2D eigenvalue weighted by atomic mass is 9.31. The van der Waals surface area contributed by atoms with Gasteiger partial charge in [0, 0.05) is 28.7 Å². The summed E-state index contributed by atoms with van der Waals surface area (Å²) in [6, 6.07) is 0. The molecule has 5 nitrogen and oxygen atoms in total. The van der Waals surface area contributed by atoms with E-state index >= 15 is 0 Å². The van der Waals surface area contributed by atoms with Crippen LogP contribution in [0, 0.1) is 34.0 Å². The molecular formula is C22H33NO4. The first-order chi connectivity index (χ1) is 12.8. The Labute approximate surface area is 161 Å². The van der Waals surface area contributed by atoms with E-state index in [4.69, 9.17) is 9.47 Å². The van der Waals surface area contributed by atoms with Crippen LogP contribution in [-0.2, 0) is 9.47 Å². The molecular weight excluding hydrogens is 342 g/mol. The zero-order valence-corrected chi connectivity index (χ0v) is 16.6. The van der Waals surface area contributed by atoms with E-state index in [2.05, 4.69) is 11.8 Å². The first kappa shape index (κ1) is 16.6. The topological polar surface area (TPSA) is 62.2 Å². The summed E-state index contributed by atoms with van der Waals surface area (Å²) in [5.74, 6) is 1.28. The zero-order chi connectivity index (χ0) is 18.4. The zero-order valence-electron chi connectivity index (χ0n) is 16.6. The van der Waals surface area contributed by atoms with Crippen molar-refractivity contribution in [1.82, 2.24) is 4.90 Å². The smallest absolute Gasteiger partial charge is 0.119 e. The third-order valence-electron chi connectivity index (χ3n) is 10.7. The maximum Gasteiger partial charge on any atom is 0.119 e. The Morgan fingerprint density at radius 1 is 1.11 bits per heavy atom. The van der Waals surface area contributed by atoms with Gasteiger partial charge in [0.15, 0.2) is 0 Å². The van der Waals surface area contributed by atoms with Gasteiger partial charge in [-0.2, -0.15) is 0 Å². The van der Waals surface area contributed by atoms with Gasteiger partial charge in [-0.3, -0.25) is 0 Å². The standard InChI is InChI=1S/C22H33NO4/c1-19-5-3-6-22-13-10-12-4-7-21(13,11-20(12,2)25)16(14(24)15(19)22)27-18(22)23-8-9-26-17(19)23/h12-18,24-25H,3-11H2,1-2H3/t12?,13?,14-,15?,16?,17?,18?,19-,20-,21?,22?/m1/s1. The van der Waals surface area contributed by atoms with E-state index in [1.165, 1.54) is 12.8 Å². The second kappa shape index (κ2) is 4.59. The minimum absolute atomic E-state index is 0.0213. The Kier molecular flexibility index (Phi) is 2.82. The van der Waals surface area contributed by atoms with Gasteiger partial charge < -0.3 is 19.7 Å². The van der Waals surface area contributed by atoms with Gasteiger partial charge in [0.2, 0.25) is 0 Å². The van der Waals surface area contributed by atoms with Gasteiger partial charge in [0.05, 0.1) is 24.4 Å². The van der Waals surface area contributed by atoms with E-state index in [1.807, 2.05) is 6.92 Å². The molecule has 0 radical (unpaired) electrons. The average Bonchev–Trinajstić information content (AvgIpc) is 3.10. The molecule has 2 spiro atoms. The number of hydrogen-bond acceptors (Lipinski definition) is 5. The van der Waals surface area contributed by atoms with Crippen LogP contribution in [0.5, 0.6) is 0 Å². The third kappa shape index (κ3) is 1.53. The second-order valence-electron chi connectivity index (χ2n) is 11.6. The summed E-state index contributed by atoms with van der Waals surface area (Å²) in [6.07, 6.45) is 7.37. The van der Waals surface area contributed by atoms with Crippen molar-refractivity contribution in [3.05, 3.63) is 0 Å². The number of ether oxygens (including phenoxy) is 2. The number of aliphatic hydroxyl groups is 2. The van der Waals surface area contributed by atoms with Gasteiger partial charge in [-0.05, 0) is 57.3 Å². The van der Waals surface area contributed by atoms with Crippen LogP contribution in [-0.4, -0.2) is 58.5 Å². The second-order valence-corrected chi connectivity index (χ2v) is 11.6. The number of fused-ring (bicyclic) bond motifs is 4. The van der Waals surface area contributed by atoms with Gasteiger partial charge in [-0.1, -0.05) is 13.3 Å². The molecule has 4 saturated heterocycles. The number of aliphatic hydroxyl groups excluding tert-OH is 1. The number of nitrogens with zero attached hydrogens (tertiary/aromatic N) is 1. The van der Waals surface area contributed by atoms with Crippen LogP contribution in [0.25, 0.3) is 0 Å². The van der Waals surface area contributed by atoms with E-state index < -0.39 is 11.7 Å². The van der Waals surface area contributed by atoms with Crippen LogP contribution >= 0.6 is 0 Å². The van der Waals surface area contributed by atoms with Crippen LogP contribution in [0.1, 0.15) is 58.8 Å². The number of piperidine rings is 1. The highest BCUT2D eigenvalue weighted by Crippen LogP contribution is 2.79. The molecule has 0 aromatic carbocycles. The molecule has 0 aromatic rings. The predicted molar refractivity (Wildman–Crippen MR) is 97.5 cm³/mol. The van der Waals surface area contributed by atoms with Crippen LogP contribution < -0.4 is 0 Å². The van der Waals surface area contributed by atoms with Crippen molar-refractivity contribution in [2.45, 2.75) is 89.1 Å². The Hall–Kier alpha value is -0.200. The predicted octanol–water partition coefficient (Wildman–Crippen LogP) is 2.11. The van der Waals surface area contributed by atoms with E-state index in [1.54, 1.807) is 0 Å². The average molecular weight is 376 g/mol. The molecule has 9 fully saturated rings. The molecule has 8 unspecified atom stereocenters. The van der Waals surface area contributed by atoms with Crippen LogP contribution in [0.3, 0.4) is 0 Å². The van der Waals surface area contributed by atoms with Crippen molar-refractivity contribution < 1.29 is 19.7 Å². The van der Waals surface area contributed by atoms with Gasteiger partial charge >= 0.3 is 0 Å². The monoisotopic (exact) mass is 375 g/mol. The molecule has 9 rings (SSSR count). The van der Waals surface area contributed by atoms with Crippen molar-refractivity contribution in [2.24, 2.45) is 34.0 Å². The molecule has 0 aromatic heterocycles. The van der Waals surface area contributed by atoms with E-state index in [-0.39, 0.29) is 40.7 Å². The Balaban J connectivity index is 1.45. The molecule has 11 atom stereocenters. The maximum absolute atomic E-state index is 11.7. The molecule has 4 aliphatic heterocycles. The SMILES string of the molecule is C[C@@]12CCCC34C(OC([C@H](O)C31)C13CCC(CC14)[C@](C)(O)C3)N1CCOC12. The van der Waals surface area contributed by atoms with Crippen molar-refractivity contribution >= 4 is 0 Å². The molecule has 9 aliphatic rings. The summed E-state index contributed by atoms with van der Waals surface area (Å²) in [4.78, 5) is 2.53. The summed E-state index contributed by atoms with van der Waals surface area (Å²) >= 11 is 0. The number of hydrogen-bond donors (Lipinski definition) is 2. The summed E-state index contributed by atoms with van der Waals surface area (Å²) in [5, 5.41) is 22.9. The summed E-state index contributed by atoms with van der Waals surface area (Å²) in [7, 11) is 0. The van der Waals surface area contributed by atoms with Gasteiger partial charge in [0.1, 0.15) is 12.5 Å². The lowest BCUT2D eigenvalue weighted by Crippen LogP contribution is -2.86. The van der Waals surface area contributed by atoms with Crippen molar-refractivity contribution in [3.63, 3.8) is 0 Å². The minimum atomic E-state index is -0.599. The Morgan fingerprint density at radius 2 is 1.96 bits per heavy atom. The van der Waals surface area contributed by atoms with Crippen molar-refractivity contribution in [3.8, 4) is 0 Å². The summed E-state index contributed by atoms with van der Waals surface area (Å²) in [6.45, 7) is 6.18. The Bertz CT molecular complexity index is 712. The highest BCUT2D eigenvalue weighted by Gasteiger charge is 2.82. The lowest BCUT2D eigenvalue weighted by Gasteiger charge is -2.81. The molecule has 5 heteroatoms. The molecule has 5 aliphatic carbocycles. The van der Waals surface area contributed by atoms with Gasteiger partial charge in [-0.15, -0.1) is 0 Å². The number of rotatable bonds is 0. The Morgan fingerprint density at radius 3 is 2.78 bits per heavy atom. The minimum Gasteiger partial charge on any atom is -0.390 e. The largest absolute Gasteiger partial charge is 0.390 e. The third-order valence-corrected chi connectivity index (χ3v) is 10.7. The van der Waals surface area contributed by atoms with Gasteiger partial charge in [0.25, 0.3) is 0 Å². The maximum atomic E-state index is 11.7. The fourth-order valence-electron chi connectivity index (χ4n) is 10.2. The van der Waals surface area contributed by atoms with E-state index in [0.29, 0.717) is 11.8 Å². The molecule has 2 N–H and O–H groups in total. The van der Waals surface area contributed by atoms with Crippen LogP contribution in [0.15, 0.2) is 0 Å². The van der Waals surface area contributed by atoms with Crippen molar-refractivity contribution in [2.75, 3.05) is 13.2 Å². The highest BCUT2D eigenvalue weighted by molar-refractivity contribution is 5.28. The van der Waals surface area contributed by atoms with Gasteiger partial charge in [-0.25, -0.2) is 4.90 Å². The first-order valence-corrected chi connectivity index (χ1v) is 11.3. The molecule has 7 bridgehead atoms. The molecule has 150 valence electrons. The van der Waals surface area contributed by atoms with Crippen molar-refractivity contribution in [1.29, 1.82) is 0 Å². The summed E-state index contributed by atoms with van der Waals surface area (Å²) in [5.41, 5.74) is -0.567. The quantitative estimate of drug-likeness (QED) is 0.679. The van der Waals surface area contributed by atoms with E-state index in [0.717, 1.165) is 45.3 Å². The summed E-state index contributed by atoms with van der Waals surface area (Å²) < 4.78 is 13.1. The first-order valence-electron chi connectivity index (χ1n) is 11.3. The molecule has 27 heavy (non-hydrogen) atoms. The lowest BCUT2D eigenvalue weighted by molar-refractivity contribution is -0.448. The molecule has 4 heterocycles.